The quantitative estimate of drug-likeness (QED) is 0.849. The number of benzene rings is 1. The van der Waals surface area contributed by atoms with Gasteiger partial charge in [-0.3, -0.25) is 5.43 Å². The molecule has 2 heterocycles. The van der Waals surface area contributed by atoms with Crippen molar-refractivity contribution in [1.82, 2.24) is 9.88 Å². The summed E-state index contributed by atoms with van der Waals surface area (Å²) in [5.41, 5.74) is 6.84. The summed E-state index contributed by atoms with van der Waals surface area (Å²) in [5.74, 6) is 0.741. The van der Waals surface area contributed by atoms with E-state index in [-0.39, 0.29) is 5.82 Å². The standard InChI is InChI=1S/C19H24FN5/c1-14-4-9-17-18(23-22-16-7-5-15(20)6-8-16)10-11-25(19(17)21-14)13-12-24(2)3/h4-9,22H,10-13H2,1-3H3/b23-18+. The highest BCUT2D eigenvalue weighted by atomic mass is 19.1. The lowest BCUT2D eigenvalue weighted by Crippen LogP contribution is -2.38. The molecule has 1 aliphatic heterocycles. The van der Waals surface area contributed by atoms with E-state index < -0.39 is 0 Å². The molecule has 2 aromatic rings. The molecule has 0 spiro atoms. The van der Waals surface area contributed by atoms with Gasteiger partial charge in [-0.15, -0.1) is 0 Å². The van der Waals surface area contributed by atoms with Gasteiger partial charge in [0.05, 0.1) is 11.4 Å². The number of hydrazone groups is 1. The smallest absolute Gasteiger partial charge is 0.138 e. The maximum Gasteiger partial charge on any atom is 0.138 e. The number of nitrogens with one attached hydrogen (secondary N) is 1. The first-order chi connectivity index (χ1) is 12.0. The van der Waals surface area contributed by atoms with Crippen LogP contribution in [0.5, 0.6) is 0 Å². The molecule has 1 aliphatic rings. The Balaban J connectivity index is 1.83. The molecule has 25 heavy (non-hydrogen) atoms. The summed E-state index contributed by atoms with van der Waals surface area (Å²) in [4.78, 5) is 9.23. The highest BCUT2D eigenvalue weighted by Gasteiger charge is 2.23. The second-order valence-electron chi connectivity index (χ2n) is 6.54. The average Bonchev–Trinajstić information content (AvgIpc) is 2.59. The second-order valence-corrected chi connectivity index (χ2v) is 6.54. The normalized spacial score (nSPS) is 15.6. The molecule has 0 bridgehead atoms. The SMILES string of the molecule is Cc1ccc2c(n1)N(CCN(C)C)CC/C2=N\Nc1ccc(F)cc1. The van der Waals surface area contributed by atoms with E-state index in [1.807, 2.05) is 13.0 Å². The van der Waals surface area contributed by atoms with Crippen molar-refractivity contribution in [3.05, 3.63) is 53.5 Å². The third-order valence-electron chi connectivity index (χ3n) is 4.22. The topological polar surface area (TPSA) is 43.8 Å². The Labute approximate surface area is 148 Å². The number of anilines is 2. The Morgan fingerprint density at radius 2 is 1.96 bits per heavy atom. The Hall–Kier alpha value is -2.47. The molecule has 0 saturated carbocycles. The Bertz CT molecular complexity index is 755. The molecule has 1 aromatic carbocycles. The van der Waals surface area contributed by atoms with Crippen LogP contribution < -0.4 is 10.3 Å². The minimum atomic E-state index is -0.252. The molecule has 1 aromatic heterocycles. The highest BCUT2D eigenvalue weighted by molar-refractivity contribution is 6.06. The molecule has 0 aliphatic carbocycles. The van der Waals surface area contributed by atoms with Crippen molar-refractivity contribution in [3.8, 4) is 0 Å². The Morgan fingerprint density at radius 3 is 2.68 bits per heavy atom. The maximum absolute atomic E-state index is 13.0. The van der Waals surface area contributed by atoms with Gasteiger partial charge in [-0.05, 0) is 57.4 Å². The molecule has 0 unspecified atom stereocenters. The lowest BCUT2D eigenvalue weighted by atomic mass is 10.0. The predicted molar refractivity (Wildman–Crippen MR) is 101 cm³/mol. The zero-order chi connectivity index (χ0) is 17.8. The van der Waals surface area contributed by atoms with Crippen molar-refractivity contribution in [2.75, 3.05) is 44.1 Å². The summed E-state index contributed by atoms with van der Waals surface area (Å²) >= 11 is 0. The van der Waals surface area contributed by atoms with Crippen LogP contribution in [0.4, 0.5) is 15.9 Å². The van der Waals surface area contributed by atoms with Gasteiger partial charge in [0.25, 0.3) is 0 Å². The van der Waals surface area contributed by atoms with Gasteiger partial charge in [0.1, 0.15) is 11.6 Å². The van der Waals surface area contributed by atoms with E-state index in [4.69, 9.17) is 4.98 Å². The largest absolute Gasteiger partial charge is 0.354 e. The molecule has 132 valence electrons. The van der Waals surface area contributed by atoms with E-state index in [1.165, 1.54) is 12.1 Å². The van der Waals surface area contributed by atoms with Crippen LogP contribution in [-0.4, -0.2) is 49.3 Å². The molecule has 1 N–H and O–H groups in total. The zero-order valence-electron chi connectivity index (χ0n) is 15.0. The van der Waals surface area contributed by atoms with Crippen molar-refractivity contribution in [1.29, 1.82) is 0 Å². The minimum Gasteiger partial charge on any atom is -0.354 e. The third-order valence-corrected chi connectivity index (χ3v) is 4.22. The number of halogens is 1. The number of aryl methyl sites for hydroxylation is 1. The van der Waals surface area contributed by atoms with Crippen LogP contribution in [0.25, 0.3) is 0 Å². The molecule has 0 amide bonds. The monoisotopic (exact) mass is 341 g/mol. The Kier molecular flexibility index (Phi) is 5.28. The molecule has 0 saturated heterocycles. The van der Waals surface area contributed by atoms with E-state index in [0.717, 1.165) is 54.5 Å². The predicted octanol–water partition coefficient (Wildman–Crippen LogP) is 3.12. The first-order valence-corrected chi connectivity index (χ1v) is 8.49. The molecule has 5 nitrogen and oxygen atoms in total. The number of nitrogens with zero attached hydrogens (tertiary/aromatic N) is 4. The molecule has 0 radical (unpaired) electrons. The van der Waals surface area contributed by atoms with Crippen LogP contribution in [0.2, 0.25) is 0 Å². The van der Waals surface area contributed by atoms with Gasteiger partial charge in [-0.2, -0.15) is 5.10 Å². The fraction of sp³-hybridized carbons (Fsp3) is 0.368. The van der Waals surface area contributed by atoms with Gasteiger partial charge in [0.15, 0.2) is 0 Å². The van der Waals surface area contributed by atoms with Gasteiger partial charge >= 0.3 is 0 Å². The Morgan fingerprint density at radius 1 is 1.20 bits per heavy atom. The van der Waals surface area contributed by atoms with Gasteiger partial charge in [-0.1, -0.05) is 0 Å². The first kappa shape index (κ1) is 17.4. The number of likely N-dealkylation sites (N-methyl/N-ethyl adjacent to an activating group) is 1. The van der Waals surface area contributed by atoms with Gasteiger partial charge in [-0.25, -0.2) is 9.37 Å². The molecular weight excluding hydrogens is 317 g/mol. The summed E-state index contributed by atoms with van der Waals surface area (Å²) in [6, 6.07) is 10.3. The average molecular weight is 341 g/mol. The lowest BCUT2D eigenvalue weighted by Gasteiger charge is -2.31. The summed E-state index contributed by atoms with van der Waals surface area (Å²) in [5, 5.41) is 4.55. The molecule has 0 atom stereocenters. The number of pyridine rings is 1. The number of hydrogen-bond donors (Lipinski definition) is 1. The van der Waals surface area contributed by atoms with Gasteiger partial charge in [0.2, 0.25) is 0 Å². The molecule has 6 heteroatoms. The number of hydrogen-bond acceptors (Lipinski definition) is 5. The van der Waals surface area contributed by atoms with E-state index in [0.29, 0.717) is 0 Å². The fourth-order valence-electron chi connectivity index (χ4n) is 2.80. The van der Waals surface area contributed by atoms with Crippen LogP contribution in [-0.2, 0) is 0 Å². The highest BCUT2D eigenvalue weighted by Crippen LogP contribution is 2.26. The summed E-state index contributed by atoms with van der Waals surface area (Å²) < 4.78 is 13.0. The fourth-order valence-corrected chi connectivity index (χ4v) is 2.80. The van der Waals surface area contributed by atoms with Crippen LogP contribution in [0.15, 0.2) is 41.5 Å². The number of rotatable bonds is 5. The summed E-state index contributed by atoms with van der Waals surface area (Å²) in [6.45, 7) is 4.82. The zero-order valence-corrected chi connectivity index (χ0v) is 15.0. The molecule has 0 fully saturated rings. The van der Waals surface area contributed by atoms with Crippen molar-refractivity contribution >= 4 is 17.2 Å². The van der Waals surface area contributed by atoms with Gasteiger partial charge < -0.3 is 9.80 Å². The van der Waals surface area contributed by atoms with Crippen LogP contribution in [0.1, 0.15) is 17.7 Å². The van der Waals surface area contributed by atoms with Crippen LogP contribution in [0, 0.1) is 12.7 Å². The van der Waals surface area contributed by atoms with Crippen LogP contribution in [0.3, 0.4) is 0 Å². The van der Waals surface area contributed by atoms with Gasteiger partial charge in [0, 0.05) is 37.3 Å². The van der Waals surface area contributed by atoms with E-state index in [2.05, 4.69) is 40.5 Å². The van der Waals surface area contributed by atoms with Crippen molar-refractivity contribution in [2.24, 2.45) is 5.10 Å². The summed E-state index contributed by atoms with van der Waals surface area (Å²) in [7, 11) is 4.15. The van der Waals surface area contributed by atoms with E-state index in [1.54, 1.807) is 12.1 Å². The number of aromatic nitrogens is 1. The molecule has 3 rings (SSSR count). The maximum atomic E-state index is 13.0. The first-order valence-electron chi connectivity index (χ1n) is 8.49. The summed E-state index contributed by atoms with van der Waals surface area (Å²) in [6.07, 6.45) is 0.847. The lowest BCUT2D eigenvalue weighted by molar-refractivity contribution is 0.412. The van der Waals surface area contributed by atoms with E-state index in [9.17, 15) is 4.39 Å². The van der Waals surface area contributed by atoms with Crippen LogP contribution >= 0.6 is 0 Å². The second kappa shape index (κ2) is 7.61. The molecular formula is C19H24FN5. The van der Waals surface area contributed by atoms with E-state index >= 15 is 0 Å². The number of fused-ring (bicyclic) bond motifs is 1. The third kappa shape index (κ3) is 4.33. The van der Waals surface area contributed by atoms with Crippen molar-refractivity contribution in [2.45, 2.75) is 13.3 Å². The van der Waals surface area contributed by atoms with Crippen molar-refractivity contribution < 1.29 is 4.39 Å². The minimum absolute atomic E-state index is 0.252. The van der Waals surface area contributed by atoms with Crippen molar-refractivity contribution in [3.63, 3.8) is 0 Å².